The van der Waals surface area contributed by atoms with Gasteiger partial charge in [0.25, 0.3) is 0 Å². The maximum atomic E-state index is 12.7. The zero-order valence-electron chi connectivity index (χ0n) is 16.7. The fourth-order valence-corrected chi connectivity index (χ4v) is 2.47. The summed E-state index contributed by atoms with van der Waals surface area (Å²) in [5, 5.41) is 5.47. The van der Waals surface area contributed by atoms with Gasteiger partial charge in [-0.3, -0.25) is 9.59 Å². The fourth-order valence-electron chi connectivity index (χ4n) is 2.47. The lowest BCUT2D eigenvalue weighted by Gasteiger charge is -2.23. The predicted molar refractivity (Wildman–Crippen MR) is 108 cm³/mol. The molecular formula is C22H26N2O4. The van der Waals surface area contributed by atoms with Crippen molar-refractivity contribution in [3.8, 4) is 0 Å². The Kier molecular flexibility index (Phi) is 6.93. The lowest BCUT2D eigenvalue weighted by molar-refractivity contribution is -0.138. The van der Waals surface area contributed by atoms with Gasteiger partial charge in [-0.2, -0.15) is 0 Å². The maximum Gasteiger partial charge on any atom is 0.340 e. The van der Waals surface area contributed by atoms with Gasteiger partial charge in [0.05, 0.1) is 17.9 Å². The maximum absolute atomic E-state index is 12.7. The molecule has 0 aliphatic rings. The van der Waals surface area contributed by atoms with Gasteiger partial charge in [0, 0.05) is 6.54 Å². The van der Waals surface area contributed by atoms with Gasteiger partial charge in [0.15, 0.2) is 0 Å². The van der Waals surface area contributed by atoms with Crippen LogP contribution >= 0.6 is 0 Å². The monoisotopic (exact) mass is 382 g/mol. The highest BCUT2D eigenvalue weighted by Crippen LogP contribution is 2.22. The van der Waals surface area contributed by atoms with Crippen molar-refractivity contribution in [2.75, 3.05) is 11.9 Å². The summed E-state index contributed by atoms with van der Waals surface area (Å²) in [5.74, 6) is -1.44. The molecule has 6 heteroatoms. The summed E-state index contributed by atoms with van der Waals surface area (Å²) in [7, 11) is 0. The van der Waals surface area contributed by atoms with Crippen LogP contribution in [-0.4, -0.2) is 24.4 Å². The minimum atomic E-state index is -1.33. The number of nitrogens with one attached hydrogen (secondary N) is 2. The van der Waals surface area contributed by atoms with Crippen molar-refractivity contribution < 1.29 is 19.1 Å². The zero-order valence-corrected chi connectivity index (χ0v) is 16.7. The van der Waals surface area contributed by atoms with Crippen LogP contribution in [-0.2, 0) is 20.9 Å². The van der Waals surface area contributed by atoms with Crippen molar-refractivity contribution in [3.05, 3.63) is 65.2 Å². The van der Waals surface area contributed by atoms with Gasteiger partial charge in [-0.25, -0.2) is 4.79 Å². The molecule has 0 radical (unpaired) electrons. The minimum absolute atomic E-state index is 0.230. The predicted octanol–water partition coefficient (Wildman–Crippen LogP) is 3.45. The molecule has 2 N–H and O–H groups in total. The van der Waals surface area contributed by atoms with Gasteiger partial charge in [-0.05, 0) is 45.4 Å². The van der Waals surface area contributed by atoms with E-state index in [0.717, 1.165) is 11.1 Å². The van der Waals surface area contributed by atoms with Crippen LogP contribution in [0.1, 0.15) is 42.3 Å². The van der Waals surface area contributed by atoms with E-state index in [-0.39, 0.29) is 12.2 Å². The van der Waals surface area contributed by atoms with Crippen LogP contribution in [0.15, 0.2) is 48.5 Å². The lowest BCUT2D eigenvalue weighted by Crippen LogP contribution is -2.45. The van der Waals surface area contributed by atoms with Gasteiger partial charge >= 0.3 is 5.97 Å². The molecule has 2 aromatic carbocycles. The molecule has 28 heavy (non-hydrogen) atoms. The summed E-state index contributed by atoms with van der Waals surface area (Å²) in [6, 6.07) is 14.3. The zero-order chi connectivity index (χ0) is 20.7. The Hall–Kier alpha value is -3.15. The molecule has 6 nitrogen and oxygen atoms in total. The van der Waals surface area contributed by atoms with Crippen LogP contribution in [0.25, 0.3) is 0 Å². The number of rotatable bonds is 7. The molecule has 0 aliphatic carbocycles. The second-order valence-electron chi connectivity index (χ2n) is 7.01. The molecule has 2 amide bonds. The van der Waals surface area contributed by atoms with Crippen molar-refractivity contribution in [3.63, 3.8) is 0 Å². The number of carbonyl (C=O) groups is 3. The van der Waals surface area contributed by atoms with Crippen molar-refractivity contribution in [1.82, 2.24) is 5.32 Å². The minimum Gasteiger partial charge on any atom is -0.462 e. The largest absolute Gasteiger partial charge is 0.462 e. The van der Waals surface area contributed by atoms with E-state index in [0.29, 0.717) is 12.2 Å². The van der Waals surface area contributed by atoms with Crippen LogP contribution in [0.4, 0.5) is 5.69 Å². The average Bonchev–Trinajstić information content (AvgIpc) is 2.67. The van der Waals surface area contributed by atoms with Gasteiger partial charge in [-0.1, -0.05) is 42.0 Å². The highest BCUT2D eigenvalue weighted by Gasteiger charge is 2.36. The number of benzene rings is 2. The highest BCUT2D eigenvalue weighted by atomic mass is 16.5. The number of para-hydroxylation sites is 1. The summed E-state index contributed by atoms with van der Waals surface area (Å²) in [6.45, 7) is 7.34. The summed E-state index contributed by atoms with van der Waals surface area (Å²) in [6.07, 6.45) is 0. The number of amides is 2. The molecule has 0 fully saturated rings. The molecule has 0 saturated heterocycles. The van der Waals surface area contributed by atoms with Gasteiger partial charge in [-0.15, -0.1) is 0 Å². The number of esters is 1. The molecule has 0 spiro atoms. The van der Waals surface area contributed by atoms with Crippen molar-refractivity contribution in [2.45, 2.75) is 34.2 Å². The van der Waals surface area contributed by atoms with Crippen LogP contribution in [0, 0.1) is 12.3 Å². The summed E-state index contributed by atoms with van der Waals surface area (Å²) < 4.78 is 5.01. The Morgan fingerprint density at radius 1 is 0.964 bits per heavy atom. The quantitative estimate of drug-likeness (QED) is 0.567. The smallest absolute Gasteiger partial charge is 0.340 e. The number of aryl methyl sites for hydroxylation is 1. The second kappa shape index (κ2) is 9.17. The molecule has 0 saturated carbocycles. The molecule has 2 rings (SSSR count). The Balaban J connectivity index is 2.07. The molecule has 0 bridgehead atoms. The van der Waals surface area contributed by atoms with Crippen molar-refractivity contribution >= 4 is 23.5 Å². The number of hydrogen-bond donors (Lipinski definition) is 2. The normalized spacial score (nSPS) is 10.9. The van der Waals surface area contributed by atoms with E-state index < -0.39 is 23.2 Å². The van der Waals surface area contributed by atoms with Crippen LogP contribution in [0.2, 0.25) is 0 Å². The molecule has 0 aromatic heterocycles. The molecule has 0 atom stereocenters. The van der Waals surface area contributed by atoms with E-state index in [2.05, 4.69) is 10.6 Å². The van der Waals surface area contributed by atoms with E-state index in [4.69, 9.17) is 4.74 Å². The third-order valence-electron chi connectivity index (χ3n) is 4.38. The van der Waals surface area contributed by atoms with Crippen LogP contribution < -0.4 is 10.6 Å². The Morgan fingerprint density at radius 2 is 1.61 bits per heavy atom. The number of ether oxygens (including phenoxy) is 1. The molecule has 0 heterocycles. The van der Waals surface area contributed by atoms with E-state index >= 15 is 0 Å². The average molecular weight is 382 g/mol. The number of hydrogen-bond acceptors (Lipinski definition) is 4. The van der Waals surface area contributed by atoms with E-state index in [1.165, 1.54) is 0 Å². The summed E-state index contributed by atoms with van der Waals surface area (Å²) >= 11 is 0. The van der Waals surface area contributed by atoms with E-state index in [1.54, 1.807) is 45.0 Å². The Bertz CT molecular complexity index is 857. The standard InChI is InChI=1S/C22H26N2O4/c1-5-28-19(25)17-8-6-7-9-18(17)24-21(27)22(3,4)20(26)23-14-16-12-10-15(2)11-13-16/h6-13H,5,14H2,1-4H3,(H,23,26)(H,24,27). The highest BCUT2D eigenvalue weighted by molar-refractivity contribution is 6.11. The third-order valence-corrected chi connectivity index (χ3v) is 4.38. The number of carbonyl (C=O) groups excluding carboxylic acids is 3. The lowest BCUT2D eigenvalue weighted by atomic mass is 9.90. The first-order chi connectivity index (χ1) is 13.3. The Labute approximate surface area is 165 Å². The first-order valence-corrected chi connectivity index (χ1v) is 9.17. The topological polar surface area (TPSA) is 84.5 Å². The third kappa shape index (κ3) is 5.19. The molecule has 148 valence electrons. The van der Waals surface area contributed by atoms with Crippen LogP contribution in [0.5, 0.6) is 0 Å². The van der Waals surface area contributed by atoms with Gasteiger partial charge in [0.2, 0.25) is 11.8 Å². The first kappa shape index (κ1) is 21.2. The first-order valence-electron chi connectivity index (χ1n) is 9.17. The fraction of sp³-hybridized carbons (Fsp3) is 0.318. The molecule has 0 unspecified atom stereocenters. The number of anilines is 1. The van der Waals surface area contributed by atoms with Gasteiger partial charge in [0.1, 0.15) is 5.41 Å². The molecule has 0 aliphatic heterocycles. The summed E-state index contributed by atoms with van der Waals surface area (Å²) in [5.41, 5.74) is 1.31. The molecule has 2 aromatic rings. The SMILES string of the molecule is CCOC(=O)c1ccccc1NC(=O)C(C)(C)C(=O)NCc1ccc(C)cc1. The van der Waals surface area contributed by atoms with E-state index in [9.17, 15) is 14.4 Å². The molecular weight excluding hydrogens is 356 g/mol. The second-order valence-corrected chi connectivity index (χ2v) is 7.01. The van der Waals surface area contributed by atoms with E-state index in [1.807, 2.05) is 31.2 Å². The summed E-state index contributed by atoms with van der Waals surface area (Å²) in [4.78, 5) is 37.4. The van der Waals surface area contributed by atoms with Crippen LogP contribution in [0.3, 0.4) is 0 Å². The van der Waals surface area contributed by atoms with Gasteiger partial charge < -0.3 is 15.4 Å². The van der Waals surface area contributed by atoms with Crippen molar-refractivity contribution in [2.24, 2.45) is 5.41 Å². The Morgan fingerprint density at radius 3 is 2.25 bits per heavy atom. The van der Waals surface area contributed by atoms with Crippen molar-refractivity contribution in [1.29, 1.82) is 0 Å².